The number of carboxylic acid groups (broad SMARTS) is 1. The highest BCUT2D eigenvalue weighted by Crippen LogP contribution is 2.12. The molecule has 0 radical (unpaired) electrons. The molecule has 22 heteroatoms. The molecule has 0 fully saturated rings. The van der Waals surface area contributed by atoms with Crippen molar-refractivity contribution in [1.29, 1.82) is 0 Å². The molecule has 0 aliphatic heterocycles. The van der Waals surface area contributed by atoms with E-state index in [9.17, 15) is 24.3 Å². The smallest absolute Gasteiger partial charge is 0.326 e. The van der Waals surface area contributed by atoms with Crippen LogP contribution in [0.1, 0.15) is 34.6 Å². The minimum Gasteiger partial charge on any atom is -0.480 e. The SMILES string of the molecule is Cn1cc(COCCOCCOCCOCCOCCOCCNC(=O)CC[C@H](NC(=O)c2ccc(NCc3cnc4nc(N)[nH]c(=O)c4n3)cc2)C(=O)O)nn1. The number of H-pyrrole nitrogens is 1. The Morgan fingerprint density at radius 3 is 2.07 bits per heavy atom. The van der Waals surface area contributed by atoms with E-state index in [1.54, 1.807) is 30.1 Å². The number of nitrogens with zero attached hydrogens (tertiary/aromatic N) is 6. The van der Waals surface area contributed by atoms with Gasteiger partial charge >= 0.3 is 5.97 Å². The summed E-state index contributed by atoms with van der Waals surface area (Å²) in [5.41, 5.74) is 7.31. The zero-order chi connectivity index (χ0) is 40.7. The van der Waals surface area contributed by atoms with E-state index in [-0.39, 0.29) is 61.1 Å². The molecule has 4 aromatic rings. The zero-order valence-electron chi connectivity index (χ0n) is 31.6. The molecule has 0 bridgehead atoms. The average Bonchev–Trinajstić information content (AvgIpc) is 3.62. The van der Waals surface area contributed by atoms with E-state index in [2.05, 4.69) is 46.2 Å². The lowest BCUT2D eigenvalue weighted by atomic mass is 10.1. The Hall–Kier alpha value is -5.65. The summed E-state index contributed by atoms with van der Waals surface area (Å²) in [6, 6.07) is 5.03. The van der Waals surface area contributed by atoms with Crippen molar-refractivity contribution >= 4 is 40.6 Å². The number of ether oxygens (including phenoxy) is 6. The van der Waals surface area contributed by atoms with Gasteiger partial charge in [-0.3, -0.25) is 24.0 Å². The van der Waals surface area contributed by atoms with Gasteiger partial charge in [-0.2, -0.15) is 4.98 Å². The number of aromatic nitrogens is 7. The minimum atomic E-state index is -1.27. The monoisotopic (exact) mass is 799 g/mol. The average molecular weight is 800 g/mol. The number of carbonyl (C=O) groups is 3. The van der Waals surface area contributed by atoms with Crippen molar-refractivity contribution in [3.05, 3.63) is 64.0 Å². The van der Waals surface area contributed by atoms with Crippen molar-refractivity contribution in [2.45, 2.75) is 32.0 Å². The van der Waals surface area contributed by atoms with Crippen LogP contribution in [0.25, 0.3) is 11.2 Å². The molecule has 0 spiro atoms. The molecule has 0 saturated carbocycles. The van der Waals surface area contributed by atoms with Gasteiger partial charge in [0.2, 0.25) is 11.9 Å². The number of fused-ring (bicyclic) bond motifs is 1. The molecule has 0 saturated heterocycles. The van der Waals surface area contributed by atoms with Crippen LogP contribution < -0.4 is 27.2 Å². The third-order valence-corrected chi connectivity index (χ3v) is 7.70. The molecule has 1 aromatic carbocycles. The molecule has 0 aliphatic rings. The second-order valence-electron chi connectivity index (χ2n) is 12.2. The van der Waals surface area contributed by atoms with Crippen molar-refractivity contribution in [2.75, 3.05) is 90.3 Å². The Morgan fingerprint density at radius 1 is 0.860 bits per heavy atom. The second kappa shape index (κ2) is 24.8. The van der Waals surface area contributed by atoms with Crippen molar-refractivity contribution in [2.24, 2.45) is 7.05 Å². The molecule has 0 unspecified atom stereocenters. The summed E-state index contributed by atoms with van der Waals surface area (Å²) in [7, 11) is 1.80. The van der Waals surface area contributed by atoms with Gasteiger partial charge in [-0.05, 0) is 30.7 Å². The maximum absolute atomic E-state index is 12.8. The topological polar surface area (TPSA) is 291 Å². The van der Waals surface area contributed by atoms with Crippen LogP contribution in [0.4, 0.5) is 11.6 Å². The quantitative estimate of drug-likeness (QED) is 0.0374. The molecule has 3 heterocycles. The number of carboxylic acids is 1. The lowest BCUT2D eigenvalue weighted by Crippen LogP contribution is -2.41. The predicted molar refractivity (Wildman–Crippen MR) is 202 cm³/mol. The summed E-state index contributed by atoms with van der Waals surface area (Å²) in [6.07, 6.45) is 3.04. The number of aryl methyl sites for hydroxylation is 1. The zero-order valence-corrected chi connectivity index (χ0v) is 31.6. The number of aromatic amines is 1. The molecule has 0 aliphatic carbocycles. The number of anilines is 2. The lowest BCUT2D eigenvalue weighted by molar-refractivity contribution is -0.139. The maximum Gasteiger partial charge on any atom is 0.326 e. The van der Waals surface area contributed by atoms with Gasteiger partial charge in [-0.25, -0.2) is 14.8 Å². The van der Waals surface area contributed by atoms with Crippen LogP contribution in [0.3, 0.4) is 0 Å². The van der Waals surface area contributed by atoms with E-state index in [1.165, 1.54) is 18.3 Å². The first-order valence-corrected chi connectivity index (χ1v) is 18.2. The van der Waals surface area contributed by atoms with Gasteiger partial charge in [0.1, 0.15) is 11.7 Å². The van der Waals surface area contributed by atoms with Crippen molar-refractivity contribution < 1.29 is 47.9 Å². The molecule has 3 aromatic heterocycles. The van der Waals surface area contributed by atoms with Crippen LogP contribution >= 0.6 is 0 Å². The molecule has 1 atom stereocenters. The van der Waals surface area contributed by atoms with Crippen LogP contribution in [0.2, 0.25) is 0 Å². The van der Waals surface area contributed by atoms with Crippen molar-refractivity contribution in [1.82, 2.24) is 45.6 Å². The van der Waals surface area contributed by atoms with Gasteiger partial charge < -0.3 is 55.2 Å². The summed E-state index contributed by atoms with van der Waals surface area (Å²) < 4.78 is 34.3. The highest BCUT2D eigenvalue weighted by molar-refractivity contribution is 5.97. The summed E-state index contributed by atoms with van der Waals surface area (Å²) in [5.74, 6) is -2.30. The lowest BCUT2D eigenvalue weighted by Gasteiger charge is -2.15. The number of hydrogen-bond acceptors (Lipinski definition) is 17. The van der Waals surface area contributed by atoms with Gasteiger partial charge in [0, 0.05) is 31.3 Å². The minimum absolute atomic E-state index is 0.0541. The fraction of sp³-hybridized carbons (Fsp3) is 0.514. The standard InChI is InChI=1S/C35H49N11O11/c1-46-22-27(44-45-46)23-57-19-18-56-17-16-55-15-14-54-13-12-53-11-10-52-9-8-37-29(47)7-6-28(34(50)51)41-32(48)24-2-4-25(5-3-24)38-20-26-21-39-31-30(40-26)33(49)43-35(36)42-31/h2-5,21-22,28,38H,6-20,23H2,1H3,(H,37,47)(H,41,48)(H,50,51)(H3,36,39,42,43,49)/t28-/m0/s1. The van der Waals surface area contributed by atoms with Gasteiger partial charge in [-0.1, -0.05) is 5.21 Å². The molecule has 4 rings (SSSR count). The third-order valence-electron chi connectivity index (χ3n) is 7.70. The second-order valence-corrected chi connectivity index (χ2v) is 12.2. The van der Waals surface area contributed by atoms with E-state index in [0.29, 0.717) is 84.1 Å². The van der Waals surface area contributed by atoms with Gasteiger partial charge in [0.05, 0.1) is 104 Å². The Balaban J connectivity index is 0.950. The summed E-state index contributed by atoms with van der Waals surface area (Å²) in [6.45, 7) is 5.27. The number of rotatable bonds is 29. The normalized spacial score (nSPS) is 11.7. The molecule has 310 valence electrons. The number of nitrogen functional groups attached to an aromatic ring is 1. The van der Waals surface area contributed by atoms with Crippen LogP contribution in [0, 0.1) is 0 Å². The molecule has 57 heavy (non-hydrogen) atoms. The molecular formula is C35H49N11O11. The van der Waals surface area contributed by atoms with Crippen LogP contribution in [-0.4, -0.2) is 143 Å². The molecule has 7 N–H and O–H groups in total. The number of nitrogens with two attached hydrogens (primary N) is 1. The fourth-order valence-corrected chi connectivity index (χ4v) is 4.85. The van der Waals surface area contributed by atoms with Gasteiger partial charge in [0.15, 0.2) is 11.2 Å². The molecular weight excluding hydrogens is 750 g/mol. The van der Waals surface area contributed by atoms with E-state index in [0.717, 1.165) is 5.69 Å². The van der Waals surface area contributed by atoms with E-state index < -0.39 is 23.5 Å². The highest BCUT2D eigenvalue weighted by Gasteiger charge is 2.22. The third kappa shape index (κ3) is 16.9. The van der Waals surface area contributed by atoms with E-state index >= 15 is 0 Å². The highest BCUT2D eigenvalue weighted by atomic mass is 16.6. The largest absolute Gasteiger partial charge is 0.480 e. The molecule has 22 nitrogen and oxygen atoms in total. The van der Waals surface area contributed by atoms with Crippen molar-refractivity contribution in [3.8, 4) is 0 Å². The Bertz CT molecular complexity index is 1890. The van der Waals surface area contributed by atoms with Crippen molar-refractivity contribution in [3.63, 3.8) is 0 Å². The fourth-order valence-electron chi connectivity index (χ4n) is 4.85. The number of aliphatic carboxylic acids is 1. The first-order valence-electron chi connectivity index (χ1n) is 18.2. The van der Waals surface area contributed by atoms with E-state index in [4.69, 9.17) is 34.2 Å². The van der Waals surface area contributed by atoms with Crippen LogP contribution in [-0.2, 0) is 58.2 Å². The summed E-state index contributed by atoms with van der Waals surface area (Å²) in [5, 5.41) is 25.6. The number of carbonyl (C=O) groups excluding carboxylic acids is 2. The van der Waals surface area contributed by atoms with Crippen LogP contribution in [0.5, 0.6) is 0 Å². The van der Waals surface area contributed by atoms with E-state index in [1.807, 2.05) is 0 Å². The number of benzene rings is 1. The Kier molecular flexibility index (Phi) is 19.2. The number of nitrogens with one attached hydrogen (secondary N) is 4. The summed E-state index contributed by atoms with van der Waals surface area (Å²) in [4.78, 5) is 63.6. The first kappa shape index (κ1) is 44.1. The Morgan fingerprint density at radius 2 is 1.47 bits per heavy atom. The van der Waals surface area contributed by atoms with Gasteiger partial charge in [0.25, 0.3) is 11.5 Å². The number of hydrogen-bond donors (Lipinski definition) is 6. The summed E-state index contributed by atoms with van der Waals surface area (Å²) >= 11 is 0. The predicted octanol–water partition coefficient (Wildman–Crippen LogP) is -0.585. The number of amides is 2. The first-order chi connectivity index (χ1) is 27.7. The maximum atomic E-state index is 12.8. The van der Waals surface area contributed by atoms with Gasteiger partial charge in [-0.15, -0.1) is 5.10 Å². The Labute approximate surface area is 327 Å². The van der Waals surface area contributed by atoms with Crippen LogP contribution in [0.15, 0.2) is 41.5 Å². The molecule has 2 amide bonds.